The third-order valence-corrected chi connectivity index (χ3v) is 5.77. The molecule has 9 nitrogen and oxygen atoms in total. The van der Waals surface area contributed by atoms with Crippen molar-refractivity contribution in [2.24, 2.45) is 16.6 Å². The van der Waals surface area contributed by atoms with Crippen LogP contribution in [0.1, 0.15) is 45.4 Å². The molecule has 0 aliphatic carbocycles. The molecule has 0 unspecified atom stereocenters. The lowest BCUT2D eigenvalue weighted by molar-refractivity contribution is -0.123. The van der Waals surface area contributed by atoms with Crippen molar-refractivity contribution >= 4 is 41.9 Å². The van der Waals surface area contributed by atoms with Crippen LogP contribution in [0.25, 0.3) is 0 Å². The number of aliphatic imine (C=N–C) groups is 1. The summed E-state index contributed by atoms with van der Waals surface area (Å²) in [5.74, 6) is 0.729. The van der Waals surface area contributed by atoms with Gasteiger partial charge in [-0.05, 0) is 65.1 Å². The number of halogens is 1. The summed E-state index contributed by atoms with van der Waals surface area (Å²) in [5, 5.41) is 6.84. The smallest absolute Gasteiger partial charge is 0.409 e. The van der Waals surface area contributed by atoms with Gasteiger partial charge in [0.25, 0.3) is 0 Å². The molecule has 0 spiro atoms. The molecule has 0 saturated carbocycles. The van der Waals surface area contributed by atoms with Gasteiger partial charge in [0.2, 0.25) is 5.91 Å². The van der Waals surface area contributed by atoms with Gasteiger partial charge in [-0.3, -0.25) is 9.79 Å². The van der Waals surface area contributed by atoms with Crippen LogP contribution in [-0.4, -0.2) is 86.7 Å². The molecule has 2 aliphatic heterocycles. The van der Waals surface area contributed by atoms with Gasteiger partial charge in [-0.25, -0.2) is 4.79 Å². The number of nitrogens with two attached hydrogens (primary N) is 1. The van der Waals surface area contributed by atoms with E-state index in [-0.39, 0.29) is 41.9 Å². The van der Waals surface area contributed by atoms with Gasteiger partial charge in [-0.15, -0.1) is 24.0 Å². The van der Waals surface area contributed by atoms with Crippen molar-refractivity contribution in [3.05, 3.63) is 0 Å². The third-order valence-electron chi connectivity index (χ3n) is 5.77. The van der Waals surface area contributed by atoms with E-state index >= 15 is 0 Å². The Kier molecular flexibility index (Phi) is 13.1. The summed E-state index contributed by atoms with van der Waals surface area (Å²) < 4.78 is 5.06. The summed E-state index contributed by atoms with van der Waals surface area (Å²) in [6.45, 7) is 7.53. The van der Waals surface area contributed by atoms with Gasteiger partial charge in [0.05, 0.1) is 6.61 Å². The van der Waals surface area contributed by atoms with E-state index in [1.165, 1.54) is 0 Å². The first-order valence-electron chi connectivity index (χ1n) is 10.9. The van der Waals surface area contributed by atoms with Crippen LogP contribution in [0.5, 0.6) is 0 Å². The normalized spacial score (nSPS) is 19.1. The molecule has 0 aromatic rings. The van der Waals surface area contributed by atoms with Gasteiger partial charge < -0.3 is 30.9 Å². The number of hydrogen-bond donors (Lipinski definition) is 3. The number of amides is 2. The van der Waals surface area contributed by atoms with Crippen molar-refractivity contribution in [3.63, 3.8) is 0 Å². The Morgan fingerprint density at radius 1 is 1.10 bits per heavy atom. The van der Waals surface area contributed by atoms with Crippen molar-refractivity contribution < 1.29 is 14.3 Å². The monoisotopic (exact) mass is 538 g/mol. The number of nitrogens with zero attached hydrogens (tertiary/aromatic N) is 3. The lowest BCUT2D eigenvalue weighted by Gasteiger charge is -2.32. The Morgan fingerprint density at radius 3 is 2.33 bits per heavy atom. The highest BCUT2D eigenvalue weighted by Crippen LogP contribution is 2.16. The molecular weight excluding hydrogens is 499 g/mol. The molecule has 0 aromatic carbocycles. The van der Waals surface area contributed by atoms with Crippen LogP contribution in [0.15, 0.2) is 4.99 Å². The Bertz CT molecular complexity index is 547. The molecular formula is C20H39IN6O3. The second-order valence-corrected chi connectivity index (χ2v) is 7.83. The number of rotatable bonds is 8. The van der Waals surface area contributed by atoms with Crippen LogP contribution in [0.2, 0.25) is 0 Å². The highest BCUT2D eigenvalue weighted by atomic mass is 127. The number of likely N-dealkylation sites (tertiary alicyclic amines) is 2. The van der Waals surface area contributed by atoms with Crippen molar-refractivity contribution in [2.75, 3.05) is 52.9 Å². The number of carbonyl (C=O) groups excluding carboxylic acids is 2. The molecule has 4 N–H and O–H groups in total. The number of guanidine groups is 1. The molecule has 0 bridgehead atoms. The van der Waals surface area contributed by atoms with Crippen LogP contribution in [-0.2, 0) is 9.53 Å². The fourth-order valence-corrected chi connectivity index (χ4v) is 3.92. The molecule has 2 saturated heterocycles. The first-order valence-corrected chi connectivity index (χ1v) is 10.9. The van der Waals surface area contributed by atoms with Crippen LogP contribution in [0.4, 0.5) is 4.79 Å². The maximum Gasteiger partial charge on any atom is 0.409 e. The minimum atomic E-state index is -0.215. The number of hydrogen-bond acceptors (Lipinski definition) is 5. The van der Waals surface area contributed by atoms with Crippen LogP contribution >= 0.6 is 24.0 Å². The minimum Gasteiger partial charge on any atom is -0.450 e. The van der Waals surface area contributed by atoms with E-state index in [2.05, 4.69) is 20.5 Å². The molecule has 0 aromatic heterocycles. The molecule has 30 heavy (non-hydrogen) atoms. The van der Waals surface area contributed by atoms with E-state index in [1.54, 1.807) is 11.9 Å². The first kappa shape index (κ1) is 26.7. The van der Waals surface area contributed by atoms with Gasteiger partial charge in [-0.1, -0.05) is 0 Å². The summed E-state index contributed by atoms with van der Waals surface area (Å²) in [6.07, 6.45) is 5.52. The SMILES string of the molecule is CCOC(=O)N1CCC(NC(=NC)NCCCCN2CCC(C(N)=O)CC2)CC1.I. The zero-order valence-electron chi connectivity index (χ0n) is 18.4. The highest BCUT2D eigenvalue weighted by molar-refractivity contribution is 14.0. The molecule has 2 heterocycles. The van der Waals surface area contributed by atoms with Gasteiger partial charge in [0.1, 0.15) is 0 Å². The molecule has 2 aliphatic rings. The minimum absolute atomic E-state index is 0. The van der Waals surface area contributed by atoms with E-state index in [4.69, 9.17) is 10.5 Å². The summed E-state index contributed by atoms with van der Waals surface area (Å²) in [4.78, 5) is 31.5. The fraction of sp³-hybridized carbons (Fsp3) is 0.850. The quantitative estimate of drug-likeness (QED) is 0.186. The van der Waals surface area contributed by atoms with E-state index in [0.29, 0.717) is 25.7 Å². The van der Waals surface area contributed by atoms with Crippen molar-refractivity contribution in [3.8, 4) is 0 Å². The topological polar surface area (TPSA) is 112 Å². The lowest BCUT2D eigenvalue weighted by atomic mass is 9.96. The molecule has 0 radical (unpaired) electrons. The van der Waals surface area contributed by atoms with Crippen LogP contribution in [0.3, 0.4) is 0 Å². The van der Waals surface area contributed by atoms with Crippen molar-refractivity contribution in [1.82, 2.24) is 20.4 Å². The van der Waals surface area contributed by atoms with Gasteiger partial charge in [-0.2, -0.15) is 0 Å². The Balaban J connectivity index is 0.00000450. The van der Waals surface area contributed by atoms with Crippen molar-refractivity contribution in [2.45, 2.75) is 51.5 Å². The summed E-state index contributed by atoms with van der Waals surface area (Å²) in [7, 11) is 1.78. The maximum absolute atomic E-state index is 11.8. The molecule has 2 fully saturated rings. The molecule has 0 atom stereocenters. The van der Waals surface area contributed by atoms with E-state index in [9.17, 15) is 9.59 Å². The molecule has 2 rings (SSSR count). The molecule has 2 amide bonds. The van der Waals surface area contributed by atoms with Crippen LogP contribution < -0.4 is 16.4 Å². The summed E-state index contributed by atoms with van der Waals surface area (Å²) in [6, 6.07) is 0.318. The largest absolute Gasteiger partial charge is 0.450 e. The van der Waals surface area contributed by atoms with Gasteiger partial charge in [0.15, 0.2) is 5.96 Å². The Labute approximate surface area is 197 Å². The first-order chi connectivity index (χ1) is 14.0. The van der Waals surface area contributed by atoms with Gasteiger partial charge in [0, 0.05) is 38.6 Å². The maximum atomic E-state index is 11.8. The number of carbonyl (C=O) groups is 2. The number of unbranched alkanes of at least 4 members (excludes halogenated alkanes) is 1. The number of ether oxygens (including phenoxy) is 1. The zero-order valence-corrected chi connectivity index (χ0v) is 20.7. The second kappa shape index (κ2) is 14.7. The van der Waals surface area contributed by atoms with Crippen LogP contribution in [0, 0.1) is 5.92 Å². The fourth-order valence-electron chi connectivity index (χ4n) is 3.92. The predicted molar refractivity (Wildman–Crippen MR) is 129 cm³/mol. The van der Waals surface area contributed by atoms with E-state index in [1.807, 2.05) is 6.92 Å². The predicted octanol–water partition coefficient (Wildman–Crippen LogP) is 1.37. The highest BCUT2D eigenvalue weighted by Gasteiger charge is 2.24. The average Bonchev–Trinajstić information content (AvgIpc) is 2.73. The summed E-state index contributed by atoms with van der Waals surface area (Å²) >= 11 is 0. The average molecular weight is 538 g/mol. The standard InChI is InChI=1S/C20H38N6O3.HI/c1-3-29-20(28)26-14-8-17(9-15-26)24-19(22-2)23-10-4-5-11-25-12-6-16(7-13-25)18(21)27;/h16-17H,3-15H2,1-2H3,(H2,21,27)(H2,22,23,24);1H. The summed E-state index contributed by atoms with van der Waals surface area (Å²) in [5.41, 5.74) is 5.39. The zero-order chi connectivity index (χ0) is 21.1. The Hall–Kier alpha value is -1.30. The lowest BCUT2D eigenvalue weighted by Crippen LogP contribution is -2.50. The second-order valence-electron chi connectivity index (χ2n) is 7.83. The third kappa shape index (κ3) is 9.23. The molecule has 174 valence electrons. The number of piperidine rings is 2. The number of nitrogens with one attached hydrogen (secondary N) is 2. The van der Waals surface area contributed by atoms with E-state index < -0.39 is 0 Å². The number of primary amides is 1. The van der Waals surface area contributed by atoms with E-state index in [0.717, 1.165) is 70.7 Å². The van der Waals surface area contributed by atoms with Gasteiger partial charge >= 0.3 is 6.09 Å². The molecule has 10 heteroatoms. The van der Waals surface area contributed by atoms with Crippen molar-refractivity contribution in [1.29, 1.82) is 0 Å². The Morgan fingerprint density at radius 2 is 1.77 bits per heavy atom.